The molecule has 0 spiro atoms. The molecule has 4 aliphatic rings. The van der Waals surface area contributed by atoms with Gasteiger partial charge in [-0.3, -0.25) is 19.2 Å². The summed E-state index contributed by atoms with van der Waals surface area (Å²) < 4.78 is 65.0. The summed E-state index contributed by atoms with van der Waals surface area (Å²) in [5.74, 6) is -5.35. The molecule has 18 heteroatoms. The average molecular weight is 957 g/mol. The molecule has 4 aromatic heterocycles. The van der Waals surface area contributed by atoms with Gasteiger partial charge in [0.25, 0.3) is 22.9 Å². The number of carbonyl (C=O) groups excluding carboxylic acids is 2. The molecule has 2 amide bonds. The number of aromatic amines is 2. The van der Waals surface area contributed by atoms with Crippen LogP contribution in [-0.4, -0.2) is 87.6 Å². The van der Waals surface area contributed by atoms with Crippen molar-refractivity contribution in [2.45, 2.75) is 108 Å². The van der Waals surface area contributed by atoms with Gasteiger partial charge in [0.1, 0.15) is 34.7 Å². The highest BCUT2D eigenvalue weighted by molar-refractivity contribution is 5.93. The lowest BCUT2D eigenvalue weighted by Crippen LogP contribution is -2.50. The predicted molar refractivity (Wildman–Crippen MR) is 250 cm³/mol. The third kappa shape index (κ3) is 7.34. The van der Waals surface area contributed by atoms with Gasteiger partial charge in [-0.05, 0) is 115 Å². The van der Waals surface area contributed by atoms with Crippen LogP contribution < -0.4 is 11.1 Å². The maximum atomic E-state index is 17.9. The van der Waals surface area contributed by atoms with E-state index in [-0.39, 0.29) is 76.7 Å². The number of fused-ring (bicyclic) bond motifs is 6. The van der Waals surface area contributed by atoms with Crippen molar-refractivity contribution >= 4 is 11.8 Å². The van der Waals surface area contributed by atoms with E-state index in [2.05, 4.69) is 49.1 Å². The van der Waals surface area contributed by atoms with Crippen LogP contribution in [0.25, 0.3) is 22.5 Å². The highest BCUT2D eigenvalue weighted by atomic mass is 19.1. The van der Waals surface area contributed by atoms with Gasteiger partial charge < -0.3 is 19.8 Å². The smallest absolute Gasteiger partial charge is 0.274 e. The van der Waals surface area contributed by atoms with Crippen molar-refractivity contribution < 1.29 is 27.2 Å². The number of aromatic nitrogens is 8. The third-order valence-corrected chi connectivity index (χ3v) is 16.2. The first kappa shape index (κ1) is 46.7. The molecule has 0 saturated heterocycles. The lowest BCUT2D eigenvalue weighted by atomic mass is 9.67. The summed E-state index contributed by atoms with van der Waals surface area (Å²) in [6, 6.07) is 9.47. The van der Waals surface area contributed by atoms with Gasteiger partial charge in [-0.1, -0.05) is 46.8 Å². The van der Waals surface area contributed by atoms with Crippen LogP contribution in [0.15, 0.2) is 76.8 Å². The molecule has 4 aliphatic carbocycles. The molecule has 2 aromatic carbocycles. The van der Waals surface area contributed by atoms with Gasteiger partial charge in [0, 0.05) is 48.9 Å². The van der Waals surface area contributed by atoms with Gasteiger partial charge >= 0.3 is 0 Å². The summed E-state index contributed by atoms with van der Waals surface area (Å²) in [4.78, 5) is 68.0. The van der Waals surface area contributed by atoms with Crippen LogP contribution in [0.3, 0.4) is 0 Å². The van der Waals surface area contributed by atoms with E-state index in [1.807, 2.05) is 32.6 Å². The molecule has 5 atom stereocenters. The topological polar surface area (TPSA) is 184 Å². The molecule has 2 bridgehead atoms. The molecule has 2 N–H and O–H groups in total. The molecule has 0 aliphatic heterocycles. The number of hydrogen-bond acceptors (Lipinski definition) is 10. The quantitative estimate of drug-likeness (QED) is 0.120. The van der Waals surface area contributed by atoms with Crippen LogP contribution in [0.5, 0.6) is 0 Å². The van der Waals surface area contributed by atoms with Crippen LogP contribution in [0, 0.1) is 34.6 Å². The summed E-state index contributed by atoms with van der Waals surface area (Å²) in [6.45, 7) is 12.5. The van der Waals surface area contributed by atoms with Gasteiger partial charge in [-0.2, -0.15) is 20.4 Å². The highest BCUT2D eigenvalue weighted by Crippen LogP contribution is 2.72. The Hall–Kier alpha value is -6.98. The fraction of sp³-hybridized carbons (Fsp3) is 0.423. The Morgan fingerprint density at radius 2 is 1.31 bits per heavy atom. The van der Waals surface area contributed by atoms with E-state index in [1.54, 1.807) is 19.2 Å². The number of nitrogens with one attached hydrogen (secondary N) is 2. The van der Waals surface area contributed by atoms with Crippen LogP contribution in [0.4, 0.5) is 17.6 Å². The Bertz CT molecular complexity index is 3200. The zero-order chi connectivity index (χ0) is 49.8. The molecule has 4 heterocycles. The van der Waals surface area contributed by atoms with Gasteiger partial charge in [-0.25, -0.2) is 27.5 Å². The molecular weight excluding hydrogens is 905 g/mol. The Morgan fingerprint density at radius 3 is 1.91 bits per heavy atom. The van der Waals surface area contributed by atoms with Crippen LogP contribution >= 0.6 is 0 Å². The van der Waals surface area contributed by atoms with Crippen molar-refractivity contribution in [1.29, 1.82) is 0 Å². The second kappa shape index (κ2) is 16.6. The fourth-order valence-corrected chi connectivity index (χ4v) is 12.1. The standard InChI is InChI=1S/C52H52F4N10O4/c1-26(2)27-13-14-50(5,24-66(51(6)15-16-51)48(70)38-21-60-40(68)23-58-38)45-29(27)17-36(62-63-45)42-34(55)12-11-28(44(42)56)31-19-52(25-65(7)47(69)37-20-59-39(67)22-57-37)46-30(43(31)49(52,3)4)18-35(61-64-46)41-32(53)9-8-10-33(41)54/h8-12,17-18,20-23,26-27,31,43H,13-16,19,24-25H2,1-7H3,(H,59,67)(H,60,68)/t27-,31?,43-,50-,52+/m1/s1. The summed E-state index contributed by atoms with van der Waals surface area (Å²) >= 11 is 0. The Kier molecular flexibility index (Phi) is 11.1. The minimum atomic E-state index is -1.02. The number of halogens is 4. The number of hydrogen-bond donors (Lipinski definition) is 2. The molecular formula is C52H52F4N10O4. The first-order chi connectivity index (χ1) is 33.2. The van der Waals surface area contributed by atoms with Gasteiger partial charge in [0.2, 0.25) is 0 Å². The van der Waals surface area contributed by atoms with Crippen LogP contribution in [-0.2, 0) is 10.8 Å². The Balaban J connectivity index is 1.06. The lowest BCUT2D eigenvalue weighted by Gasteiger charge is -2.43. The molecule has 10 rings (SSSR count). The molecule has 70 heavy (non-hydrogen) atoms. The zero-order valence-corrected chi connectivity index (χ0v) is 39.8. The van der Waals surface area contributed by atoms with Gasteiger partial charge in [0.05, 0.1) is 46.3 Å². The number of benzene rings is 2. The summed E-state index contributed by atoms with van der Waals surface area (Å²) in [7, 11) is 1.59. The molecule has 0 radical (unpaired) electrons. The van der Waals surface area contributed by atoms with Gasteiger partial charge in [0.15, 0.2) is 0 Å². The second-order valence-corrected chi connectivity index (χ2v) is 21.2. The minimum Gasteiger partial charge on any atom is -0.339 e. The van der Waals surface area contributed by atoms with E-state index < -0.39 is 73.9 Å². The van der Waals surface area contributed by atoms with Crippen LogP contribution in [0.1, 0.15) is 140 Å². The SMILES string of the molecule is CC(C)[C@H]1CC[C@](C)(CN(C(=O)c2c[nH]c(=O)cn2)C2(C)CC2)c2nnc(-c3c(F)ccc(C4C[C@]5(CN(C)C(=O)c6c[nH]c(=O)cn6)c6nnc(-c7c(F)cccc7F)cc6[C@H]4C5(C)C)c3F)cc21. The van der Waals surface area contributed by atoms with E-state index in [1.165, 1.54) is 35.5 Å². The van der Waals surface area contributed by atoms with Crippen molar-refractivity contribution in [2.24, 2.45) is 11.3 Å². The molecule has 14 nitrogen and oxygen atoms in total. The normalized spacial score (nSPS) is 23.5. The highest BCUT2D eigenvalue weighted by Gasteiger charge is 2.68. The summed E-state index contributed by atoms with van der Waals surface area (Å²) in [5, 5.41) is 18.3. The van der Waals surface area contributed by atoms with E-state index >= 15 is 17.6 Å². The minimum absolute atomic E-state index is 0.00414. The molecule has 6 aromatic rings. The number of nitrogens with zero attached hydrogens (tertiary/aromatic N) is 8. The van der Waals surface area contributed by atoms with E-state index in [4.69, 9.17) is 5.10 Å². The number of likely N-dealkylation sites (N-methyl/N-ethyl adjacent to an activating group) is 1. The van der Waals surface area contributed by atoms with Crippen molar-refractivity contribution in [2.75, 3.05) is 20.1 Å². The van der Waals surface area contributed by atoms with Crippen molar-refractivity contribution in [3.63, 3.8) is 0 Å². The molecule has 1 unspecified atom stereocenters. The zero-order valence-electron chi connectivity index (χ0n) is 39.8. The third-order valence-electron chi connectivity index (χ3n) is 16.2. The second-order valence-electron chi connectivity index (χ2n) is 21.2. The van der Waals surface area contributed by atoms with E-state index in [0.29, 0.717) is 29.8 Å². The van der Waals surface area contributed by atoms with Crippen LogP contribution in [0.2, 0.25) is 0 Å². The first-order valence-corrected chi connectivity index (χ1v) is 23.5. The molecule has 362 valence electrons. The lowest BCUT2D eigenvalue weighted by molar-refractivity contribution is 0.0585. The number of carbonyl (C=O) groups is 2. The monoisotopic (exact) mass is 956 g/mol. The van der Waals surface area contributed by atoms with Crippen molar-refractivity contribution in [3.8, 4) is 22.5 Å². The number of amides is 2. The maximum absolute atomic E-state index is 17.9. The summed E-state index contributed by atoms with van der Waals surface area (Å²) in [6.07, 6.45) is 7.81. The average Bonchev–Trinajstić information content (AvgIpc) is 3.99. The van der Waals surface area contributed by atoms with E-state index in [9.17, 15) is 19.2 Å². The number of rotatable bonds is 11. The Labute approximate surface area is 400 Å². The van der Waals surface area contributed by atoms with E-state index in [0.717, 1.165) is 42.9 Å². The molecule has 2 fully saturated rings. The largest absolute Gasteiger partial charge is 0.339 e. The fourth-order valence-electron chi connectivity index (χ4n) is 12.1. The maximum Gasteiger partial charge on any atom is 0.274 e. The first-order valence-electron chi connectivity index (χ1n) is 23.5. The van der Waals surface area contributed by atoms with Crippen molar-refractivity contribution in [1.82, 2.24) is 50.1 Å². The Morgan fingerprint density at radius 1 is 0.729 bits per heavy atom. The van der Waals surface area contributed by atoms with Gasteiger partial charge in [-0.15, -0.1) is 0 Å². The van der Waals surface area contributed by atoms with Crippen molar-refractivity contribution in [3.05, 3.63) is 151 Å². The number of H-pyrrole nitrogens is 2. The summed E-state index contributed by atoms with van der Waals surface area (Å²) in [5.41, 5.74) is -1.89. The predicted octanol–water partition coefficient (Wildman–Crippen LogP) is 8.13. The molecule has 2 saturated carbocycles.